The second-order valence-electron chi connectivity index (χ2n) is 5.81. The molecule has 0 saturated carbocycles. The normalized spacial score (nSPS) is 16.4. The number of benzene rings is 1. The molecule has 4 heteroatoms. The topological polar surface area (TPSA) is 24.5 Å². The van der Waals surface area contributed by atoms with Crippen LogP contribution in [0.4, 0.5) is 10.1 Å². The van der Waals surface area contributed by atoms with E-state index in [0.29, 0.717) is 5.92 Å². The van der Waals surface area contributed by atoms with E-state index in [1.54, 1.807) is 19.2 Å². The second-order valence-corrected chi connectivity index (χ2v) is 5.81. The van der Waals surface area contributed by atoms with Crippen molar-refractivity contribution in [2.45, 2.75) is 32.7 Å². The minimum Gasteiger partial charge on any atom is -0.384 e. The monoisotopic (exact) mass is 294 g/mol. The van der Waals surface area contributed by atoms with Gasteiger partial charge >= 0.3 is 0 Å². The highest BCUT2D eigenvalue weighted by Gasteiger charge is 2.23. The molecule has 0 aliphatic carbocycles. The van der Waals surface area contributed by atoms with Crippen LogP contribution in [-0.4, -0.2) is 33.4 Å². The van der Waals surface area contributed by atoms with Crippen molar-refractivity contribution in [3.8, 4) is 0 Å². The number of piperidine rings is 1. The molecular formula is C17H27FN2O. The summed E-state index contributed by atoms with van der Waals surface area (Å²) >= 11 is 0. The predicted octanol–water partition coefficient (Wildman–Crippen LogP) is 3.19. The maximum absolute atomic E-state index is 14.3. The highest BCUT2D eigenvalue weighted by atomic mass is 19.1. The van der Waals surface area contributed by atoms with Crippen molar-refractivity contribution in [2.24, 2.45) is 5.92 Å². The molecule has 1 aliphatic rings. The van der Waals surface area contributed by atoms with Crippen LogP contribution >= 0.6 is 0 Å². The smallest absolute Gasteiger partial charge is 0.146 e. The number of halogens is 1. The Hall–Kier alpha value is -1.13. The van der Waals surface area contributed by atoms with Crippen LogP contribution in [0.2, 0.25) is 0 Å². The average Bonchev–Trinajstić information content (AvgIpc) is 2.49. The molecule has 0 amide bonds. The number of para-hydroxylation sites is 1. The maximum atomic E-state index is 14.3. The first-order valence-corrected chi connectivity index (χ1v) is 7.98. The highest BCUT2D eigenvalue weighted by molar-refractivity contribution is 5.55. The first kappa shape index (κ1) is 16.2. The number of hydrogen-bond donors (Lipinski definition) is 1. The number of methoxy groups -OCH3 is 1. The zero-order chi connectivity index (χ0) is 15.1. The van der Waals surface area contributed by atoms with Crippen LogP contribution in [0.15, 0.2) is 18.2 Å². The first-order valence-electron chi connectivity index (χ1n) is 7.98. The molecule has 1 heterocycles. The summed E-state index contributed by atoms with van der Waals surface area (Å²) in [6, 6.07) is 5.40. The summed E-state index contributed by atoms with van der Waals surface area (Å²) in [6.07, 6.45) is 3.24. The van der Waals surface area contributed by atoms with Crippen LogP contribution in [0.5, 0.6) is 0 Å². The number of anilines is 1. The number of nitrogens with one attached hydrogen (secondary N) is 1. The van der Waals surface area contributed by atoms with Gasteiger partial charge in [0.2, 0.25) is 0 Å². The van der Waals surface area contributed by atoms with E-state index in [1.165, 1.54) is 0 Å². The molecular weight excluding hydrogens is 267 g/mol. The third-order valence-electron chi connectivity index (χ3n) is 4.15. The summed E-state index contributed by atoms with van der Waals surface area (Å²) in [5.74, 6) is 0.510. The summed E-state index contributed by atoms with van der Waals surface area (Å²) in [4.78, 5) is 2.20. The number of rotatable bonds is 7. The molecule has 1 fully saturated rings. The summed E-state index contributed by atoms with van der Waals surface area (Å²) in [7, 11) is 1.75. The number of hydrogen-bond acceptors (Lipinski definition) is 3. The van der Waals surface area contributed by atoms with Gasteiger partial charge < -0.3 is 15.0 Å². The van der Waals surface area contributed by atoms with Crippen molar-refractivity contribution < 1.29 is 9.13 Å². The van der Waals surface area contributed by atoms with Gasteiger partial charge in [0.25, 0.3) is 0 Å². The van der Waals surface area contributed by atoms with E-state index in [4.69, 9.17) is 4.74 Å². The zero-order valence-corrected chi connectivity index (χ0v) is 13.2. The molecule has 0 unspecified atom stereocenters. The van der Waals surface area contributed by atoms with Crippen LogP contribution in [0, 0.1) is 11.7 Å². The van der Waals surface area contributed by atoms with Gasteiger partial charge in [-0.1, -0.05) is 19.1 Å². The standard InChI is InChI=1S/C17H27FN2O/c1-3-9-19-12-15-5-4-6-16(18)17(15)20-10-7-14(8-11-20)13-21-2/h4-6,14,19H,3,7-13H2,1-2H3. The van der Waals surface area contributed by atoms with Gasteiger partial charge in [-0.3, -0.25) is 0 Å². The Bertz CT molecular complexity index is 431. The van der Waals surface area contributed by atoms with Gasteiger partial charge in [0.1, 0.15) is 5.82 Å². The fourth-order valence-electron chi connectivity index (χ4n) is 3.02. The molecule has 1 saturated heterocycles. The molecule has 1 aliphatic heterocycles. The summed E-state index contributed by atoms with van der Waals surface area (Å²) in [5.41, 5.74) is 1.85. The summed E-state index contributed by atoms with van der Waals surface area (Å²) < 4.78 is 19.5. The largest absolute Gasteiger partial charge is 0.384 e. The fourth-order valence-corrected chi connectivity index (χ4v) is 3.02. The lowest BCUT2D eigenvalue weighted by molar-refractivity contribution is 0.139. The van der Waals surface area contributed by atoms with E-state index in [-0.39, 0.29) is 5.82 Å². The van der Waals surface area contributed by atoms with Crippen molar-refractivity contribution in [1.82, 2.24) is 5.32 Å². The SMILES string of the molecule is CCCNCc1cccc(F)c1N1CCC(COC)CC1. The Kier molecular flexibility index (Phi) is 6.46. The molecule has 0 atom stereocenters. The molecule has 0 aromatic heterocycles. The molecule has 0 bridgehead atoms. The fraction of sp³-hybridized carbons (Fsp3) is 0.647. The molecule has 3 nitrogen and oxygen atoms in total. The molecule has 1 aromatic rings. The van der Waals surface area contributed by atoms with Gasteiger partial charge in [-0.2, -0.15) is 0 Å². The Balaban J connectivity index is 2.04. The average molecular weight is 294 g/mol. The summed E-state index contributed by atoms with van der Waals surface area (Å²) in [6.45, 7) is 6.48. The predicted molar refractivity (Wildman–Crippen MR) is 85.2 cm³/mol. The van der Waals surface area contributed by atoms with Crippen molar-refractivity contribution in [3.63, 3.8) is 0 Å². The minimum absolute atomic E-state index is 0.101. The lowest BCUT2D eigenvalue weighted by atomic mass is 9.96. The third-order valence-corrected chi connectivity index (χ3v) is 4.15. The molecule has 1 aromatic carbocycles. The quantitative estimate of drug-likeness (QED) is 0.782. The Labute approximate surface area is 127 Å². The van der Waals surface area contributed by atoms with Crippen LogP contribution in [0.1, 0.15) is 31.7 Å². The zero-order valence-electron chi connectivity index (χ0n) is 13.2. The molecule has 21 heavy (non-hydrogen) atoms. The number of nitrogens with zero attached hydrogens (tertiary/aromatic N) is 1. The number of ether oxygens (including phenoxy) is 1. The molecule has 0 radical (unpaired) electrons. The lowest BCUT2D eigenvalue weighted by Crippen LogP contribution is -2.36. The van der Waals surface area contributed by atoms with Gasteiger partial charge in [0, 0.05) is 33.4 Å². The molecule has 1 N–H and O–H groups in total. The van der Waals surface area contributed by atoms with E-state index in [1.807, 2.05) is 6.07 Å². The van der Waals surface area contributed by atoms with E-state index in [0.717, 1.165) is 63.3 Å². The van der Waals surface area contributed by atoms with Gasteiger partial charge in [0.15, 0.2) is 0 Å². The van der Waals surface area contributed by atoms with Crippen LogP contribution in [0.25, 0.3) is 0 Å². The van der Waals surface area contributed by atoms with E-state index >= 15 is 0 Å². The van der Waals surface area contributed by atoms with Crippen LogP contribution < -0.4 is 10.2 Å². The Morgan fingerprint density at radius 3 is 2.76 bits per heavy atom. The second kappa shape index (κ2) is 8.35. The van der Waals surface area contributed by atoms with Gasteiger partial charge in [0.05, 0.1) is 5.69 Å². The van der Waals surface area contributed by atoms with E-state index < -0.39 is 0 Å². The Morgan fingerprint density at radius 1 is 1.33 bits per heavy atom. The van der Waals surface area contributed by atoms with E-state index in [2.05, 4.69) is 17.1 Å². The van der Waals surface area contributed by atoms with Crippen LogP contribution in [-0.2, 0) is 11.3 Å². The first-order chi connectivity index (χ1) is 10.3. The Morgan fingerprint density at radius 2 is 2.10 bits per heavy atom. The van der Waals surface area contributed by atoms with E-state index in [9.17, 15) is 4.39 Å². The van der Waals surface area contributed by atoms with Crippen molar-refractivity contribution >= 4 is 5.69 Å². The van der Waals surface area contributed by atoms with Crippen molar-refractivity contribution in [3.05, 3.63) is 29.6 Å². The van der Waals surface area contributed by atoms with Gasteiger partial charge in [-0.25, -0.2) is 4.39 Å². The van der Waals surface area contributed by atoms with Crippen molar-refractivity contribution in [1.29, 1.82) is 0 Å². The van der Waals surface area contributed by atoms with Gasteiger partial charge in [-0.05, 0) is 43.4 Å². The highest BCUT2D eigenvalue weighted by Crippen LogP contribution is 2.29. The lowest BCUT2D eigenvalue weighted by Gasteiger charge is -2.34. The molecule has 2 rings (SSSR count). The minimum atomic E-state index is -0.101. The maximum Gasteiger partial charge on any atom is 0.146 e. The summed E-state index contributed by atoms with van der Waals surface area (Å²) in [5, 5.41) is 3.37. The van der Waals surface area contributed by atoms with Gasteiger partial charge in [-0.15, -0.1) is 0 Å². The molecule has 0 spiro atoms. The van der Waals surface area contributed by atoms with Crippen molar-refractivity contribution in [2.75, 3.05) is 38.3 Å². The third kappa shape index (κ3) is 4.42. The molecule has 118 valence electrons. The van der Waals surface area contributed by atoms with Crippen LogP contribution in [0.3, 0.4) is 0 Å².